The first-order valence-electron chi connectivity index (χ1n) is 5.52. The fraction of sp³-hybridized carbons (Fsp3) is 0.300. The monoisotopic (exact) mass is 280 g/mol. The topological polar surface area (TPSA) is 118 Å². The van der Waals surface area contributed by atoms with Crippen LogP contribution in [-0.2, 0) is 9.59 Å². The van der Waals surface area contributed by atoms with Gasteiger partial charge < -0.3 is 10.7 Å². The second-order valence-electron chi connectivity index (χ2n) is 4.22. The number of nitrogens with zero attached hydrogens (tertiary/aromatic N) is 4. The molecule has 19 heavy (non-hydrogen) atoms. The van der Waals surface area contributed by atoms with Gasteiger partial charge in [0.1, 0.15) is 5.52 Å². The summed E-state index contributed by atoms with van der Waals surface area (Å²) in [6.07, 6.45) is 1.50. The number of aromatic amines is 1. The van der Waals surface area contributed by atoms with Gasteiger partial charge in [-0.3, -0.25) is 14.5 Å². The Balaban J connectivity index is 2.00. The van der Waals surface area contributed by atoms with Crippen molar-refractivity contribution < 1.29 is 9.59 Å². The van der Waals surface area contributed by atoms with Gasteiger partial charge in [-0.05, 0) is 0 Å². The van der Waals surface area contributed by atoms with Crippen molar-refractivity contribution in [2.45, 2.75) is 6.42 Å². The summed E-state index contributed by atoms with van der Waals surface area (Å²) in [5, 5.41) is 0.174. The van der Waals surface area contributed by atoms with Gasteiger partial charge in [0.05, 0.1) is 12.2 Å². The normalized spacial score (nSPS) is 19.3. The summed E-state index contributed by atoms with van der Waals surface area (Å²) in [4.78, 5) is 39.2. The zero-order valence-corrected chi connectivity index (χ0v) is 10.4. The van der Waals surface area contributed by atoms with Crippen LogP contribution in [0.15, 0.2) is 6.33 Å². The van der Waals surface area contributed by atoms with E-state index in [0.717, 1.165) is 0 Å². The number of carbonyl (C=O) groups excluding carboxylic acids is 2. The zero-order valence-electron chi connectivity index (χ0n) is 9.63. The molecule has 0 saturated carbocycles. The van der Waals surface area contributed by atoms with Gasteiger partial charge in [0.15, 0.2) is 10.8 Å². The standard InChI is InChI=1S/C10H9ClN6O2/c11-7-6-9(14-3-13-6)16-10(15-7)17-2-4(8(12)19)1-5(17)18/h3-4H,1-2H2,(H2,12,19)(H,13,14,15,16). The summed E-state index contributed by atoms with van der Waals surface area (Å²) in [5.74, 6) is -1.15. The van der Waals surface area contributed by atoms with Crippen molar-refractivity contribution in [1.82, 2.24) is 19.9 Å². The zero-order chi connectivity index (χ0) is 13.6. The quantitative estimate of drug-likeness (QED) is 0.741. The summed E-state index contributed by atoms with van der Waals surface area (Å²) in [6, 6.07) is 0. The molecule has 3 heterocycles. The maximum Gasteiger partial charge on any atom is 0.235 e. The number of amides is 2. The van der Waals surface area contributed by atoms with Gasteiger partial charge in [-0.25, -0.2) is 4.98 Å². The van der Waals surface area contributed by atoms with Crippen molar-refractivity contribution in [3.63, 3.8) is 0 Å². The number of nitrogens with two attached hydrogens (primary N) is 1. The van der Waals surface area contributed by atoms with Gasteiger partial charge in [0, 0.05) is 13.0 Å². The van der Waals surface area contributed by atoms with E-state index in [-0.39, 0.29) is 30.0 Å². The molecule has 0 radical (unpaired) electrons. The predicted octanol–water partition coefficient (Wildman–Crippen LogP) is -0.156. The number of fused-ring (bicyclic) bond motifs is 1. The minimum atomic E-state index is -0.523. The molecule has 2 aromatic rings. The number of hydrogen-bond donors (Lipinski definition) is 2. The molecule has 9 heteroatoms. The van der Waals surface area contributed by atoms with E-state index >= 15 is 0 Å². The van der Waals surface area contributed by atoms with Crippen LogP contribution in [0.3, 0.4) is 0 Å². The van der Waals surface area contributed by atoms with E-state index in [1.165, 1.54) is 11.2 Å². The maximum atomic E-state index is 11.8. The number of rotatable bonds is 2. The van der Waals surface area contributed by atoms with Crippen molar-refractivity contribution in [2.24, 2.45) is 11.7 Å². The lowest BCUT2D eigenvalue weighted by Crippen LogP contribution is -2.29. The van der Waals surface area contributed by atoms with E-state index in [4.69, 9.17) is 17.3 Å². The van der Waals surface area contributed by atoms with Crippen LogP contribution in [0.1, 0.15) is 6.42 Å². The third kappa shape index (κ3) is 1.89. The van der Waals surface area contributed by atoms with Crippen LogP contribution in [0.5, 0.6) is 0 Å². The minimum Gasteiger partial charge on any atom is -0.369 e. The van der Waals surface area contributed by atoms with E-state index in [2.05, 4.69) is 19.9 Å². The average molecular weight is 281 g/mol. The first kappa shape index (κ1) is 11.8. The van der Waals surface area contributed by atoms with Crippen molar-refractivity contribution in [3.05, 3.63) is 11.5 Å². The maximum absolute atomic E-state index is 11.8. The number of anilines is 1. The Morgan fingerprint density at radius 3 is 3.00 bits per heavy atom. The summed E-state index contributed by atoms with van der Waals surface area (Å²) in [6.45, 7) is 0.167. The Kier molecular flexibility index (Phi) is 2.59. The molecule has 3 N–H and O–H groups in total. The van der Waals surface area contributed by atoms with Crippen LogP contribution in [0.4, 0.5) is 5.95 Å². The Morgan fingerprint density at radius 1 is 1.53 bits per heavy atom. The molecule has 1 unspecified atom stereocenters. The predicted molar refractivity (Wildman–Crippen MR) is 66.3 cm³/mol. The average Bonchev–Trinajstić information content (AvgIpc) is 2.95. The van der Waals surface area contributed by atoms with Crippen LogP contribution in [0.25, 0.3) is 11.2 Å². The molecule has 0 aromatic carbocycles. The molecule has 1 aliphatic heterocycles. The summed E-state index contributed by atoms with van der Waals surface area (Å²) in [5.41, 5.74) is 6.07. The van der Waals surface area contributed by atoms with Crippen molar-refractivity contribution in [3.8, 4) is 0 Å². The second kappa shape index (κ2) is 4.16. The number of halogens is 1. The molecule has 2 aromatic heterocycles. The molecule has 8 nitrogen and oxygen atoms in total. The molecule has 0 bridgehead atoms. The van der Waals surface area contributed by atoms with Gasteiger partial charge in [-0.2, -0.15) is 9.97 Å². The summed E-state index contributed by atoms with van der Waals surface area (Å²) in [7, 11) is 0. The molecule has 98 valence electrons. The molecular weight excluding hydrogens is 272 g/mol. The van der Waals surface area contributed by atoms with Gasteiger partial charge in [-0.1, -0.05) is 11.6 Å². The number of primary amides is 1. The van der Waals surface area contributed by atoms with Gasteiger partial charge >= 0.3 is 0 Å². The largest absolute Gasteiger partial charge is 0.369 e. The molecule has 2 amide bonds. The number of aromatic nitrogens is 4. The van der Waals surface area contributed by atoms with Crippen LogP contribution in [0, 0.1) is 5.92 Å². The molecule has 0 aliphatic carbocycles. The highest BCUT2D eigenvalue weighted by atomic mass is 35.5. The SMILES string of the molecule is NC(=O)C1CC(=O)N(c2nc(Cl)c3[nH]cnc3n2)C1. The fourth-order valence-electron chi connectivity index (χ4n) is 2.00. The highest BCUT2D eigenvalue weighted by Crippen LogP contribution is 2.25. The van der Waals surface area contributed by atoms with E-state index < -0.39 is 11.8 Å². The first-order chi connectivity index (χ1) is 9.06. The molecule has 1 fully saturated rings. The lowest BCUT2D eigenvalue weighted by atomic mass is 10.1. The minimum absolute atomic E-state index is 0.0644. The van der Waals surface area contributed by atoms with E-state index in [9.17, 15) is 9.59 Å². The van der Waals surface area contributed by atoms with Crippen LogP contribution < -0.4 is 10.6 Å². The summed E-state index contributed by atoms with van der Waals surface area (Å²) < 4.78 is 0. The number of H-pyrrole nitrogens is 1. The number of imidazole rings is 1. The first-order valence-corrected chi connectivity index (χ1v) is 5.90. The van der Waals surface area contributed by atoms with E-state index in [0.29, 0.717) is 11.2 Å². The Morgan fingerprint density at radius 2 is 2.32 bits per heavy atom. The third-order valence-corrected chi connectivity index (χ3v) is 3.27. The lowest BCUT2D eigenvalue weighted by Gasteiger charge is -2.13. The third-order valence-electron chi connectivity index (χ3n) is 3.00. The van der Waals surface area contributed by atoms with E-state index in [1.807, 2.05) is 0 Å². The molecule has 1 saturated heterocycles. The number of hydrogen-bond acceptors (Lipinski definition) is 5. The number of carbonyl (C=O) groups is 2. The molecule has 1 atom stereocenters. The van der Waals surface area contributed by atoms with Gasteiger partial charge in [0.25, 0.3) is 0 Å². The molecule has 1 aliphatic rings. The van der Waals surface area contributed by atoms with Crippen molar-refractivity contribution >= 4 is 40.5 Å². The highest BCUT2D eigenvalue weighted by molar-refractivity contribution is 6.33. The van der Waals surface area contributed by atoms with Crippen LogP contribution >= 0.6 is 11.6 Å². The van der Waals surface area contributed by atoms with E-state index in [1.54, 1.807) is 0 Å². The lowest BCUT2D eigenvalue weighted by molar-refractivity contribution is -0.123. The Labute approximate surface area is 112 Å². The Hall–Kier alpha value is -2.22. The van der Waals surface area contributed by atoms with Crippen LogP contribution in [-0.4, -0.2) is 38.3 Å². The highest BCUT2D eigenvalue weighted by Gasteiger charge is 2.35. The van der Waals surface area contributed by atoms with Crippen molar-refractivity contribution in [2.75, 3.05) is 11.4 Å². The smallest absolute Gasteiger partial charge is 0.235 e. The Bertz CT molecular complexity index is 684. The van der Waals surface area contributed by atoms with Crippen molar-refractivity contribution in [1.29, 1.82) is 0 Å². The fourth-order valence-corrected chi connectivity index (χ4v) is 2.21. The van der Waals surface area contributed by atoms with Crippen LogP contribution in [0.2, 0.25) is 5.15 Å². The number of nitrogens with one attached hydrogen (secondary N) is 1. The molecular formula is C10H9ClN6O2. The second-order valence-corrected chi connectivity index (χ2v) is 4.58. The molecule has 0 spiro atoms. The molecule has 3 rings (SSSR count). The summed E-state index contributed by atoms with van der Waals surface area (Å²) >= 11 is 5.98. The van der Waals surface area contributed by atoms with Gasteiger partial charge in [-0.15, -0.1) is 0 Å². The van der Waals surface area contributed by atoms with Gasteiger partial charge in [0.2, 0.25) is 17.8 Å².